The van der Waals surface area contributed by atoms with Crippen LogP contribution in [-0.2, 0) is 7.05 Å². The molecule has 6 nitrogen and oxygen atoms in total. The third-order valence-corrected chi connectivity index (χ3v) is 1.87. The standard InChI is InChI=1S/C7H8N4O2/c1-3-8-4-5(9-3)10-7(13)11(2)6(4)12/h1-2H3,(H,8,9)(H,10,13). The molecule has 68 valence electrons. The largest absolute Gasteiger partial charge is 0.329 e. The first-order valence-corrected chi connectivity index (χ1v) is 3.75. The van der Waals surface area contributed by atoms with Crippen LogP contribution in [0.4, 0.5) is 0 Å². The fraction of sp³-hybridized carbons (Fsp3) is 0.286. The number of imidazole rings is 1. The molecule has 0 aliphatic carbocycles. The molecule has 0 aliphatic heterocycles. The van der Waals surface area contributed by atoms with Crippen LogP contribution < -0.4 is 11.2 Å². The minimum absolute atomic E-state index is 0.264. The maximum Gasteiger partial charge on any atom is 0.329 e. The minimum Gasteiger partial charge on any atom is -0.328 e. The molecule has 2 aromatic heterocycles. The van der Waals surface area contributed by atoms with Crippen molar-refractivity contribution in [2.45, 2.75) is 6.92 Å². The zero-order chi connectivity index (χ0) is 9.59. The lowest BCUT2D eigenvalue weighted by atomic mass is 10.5. The summed E-state index contributed by atoms with van der Waals surface area (Å²) >= 11 is 0. The summed E-state index contributed by atoms with van der Waals surface area (Å²) in [4.78, 5) is 31.8. The Morgan fingerprint density at radius 2 is 2.00 bits per heavy atom. The first-order chi connectivity index (χ1) is 6.09. The van der Waals surface area contributed by atoms with Crippen molar-refractivity contribution in [3.8, 4) is 0 Å². The second kappa shape index (κ2) is 2.32. The molecule has 0 aliphatic rings. The van der Waals surface area contributed by atoms with Crippen molar-refractivity contribution in [1.29, 1.82) is 0 Å². The van der Waals surface area contributed by atoms with E-state index in [-0.39, 0.29) is 11.1 Å². The highest BCUT2D eigenvalue weighted by atomic mass is 16.2. The maximum atomic E-state index is 11.4. The Balaban J connectivity index is 3.10. The molecule has 0 aromatic carbocycles. The molecular weight excluding hydrogens is 172 g/mol. The van der Waals surface area contributed by atoms with Gasteiger partial charge in [0.05, 0.1) is 0 Å². The average Bonchev–Trinajstić information content (AvgIpc) is 2.42. The molecule has 0 radical (unpaired) electrons. The van der Waals surface area contributed by atoms with Gasteiger partial charge in [0, 0.05) is 7.05 Å². The summed E-state index contributed by atoms with van der Waals surface area (Å²) in [7, 11) is 1.41. The van der Waals surface area contributed by atoms with Gasteiger partial charge in [0.2, 0.25) is 0 Å². The second-order valence-electron chi connectivity index (χ2n) is 2.84. The van der Waals surface area contributed by atoms with E-state index < -0.39 is 5.69 Å². The smallest absolute Gasteiger partial charge is 0.328 e. The van der Waals surface area contributed by atoms with Crippen molar-refractivity contribution in [1.82, 2.24) is 19.5 Å². The van der Waals surface area contributed by atoms with E-state index in [1.165, 1.54) is 7.05 Å². The van der Waals surface area contributed by atoms with Crippen molar-refractivity contribution in [3.05, 3.63) is 26.7 Å². The number of hydrogen-bond acceptors (Lipinski definition) is 3. The molecule has 13 heavy (non-hydrogen) atoms. The summed E-state index contributed by atoms with van der Waals surface area (Å²) in [6.07, 6.45) is 0. The predicted octanol–water partition coefficient (Wildman–Crippen LogP) is -0.742. The molecule has 0 bridgehead atoms. The Kier molecular flexibility index (Phi) is 1.39. The lowest BCUT2D eigenvalue weighted by Gasteiger charge is -1.92. The van der Waals surface area contributed by atoms with Gasteiger partial charge in [-0.25, -0.2) is 9.78 Å². The van der Waals surface area contributed by atoms with Crippen LogP contribution in [0.3, 0.4) is 0 Å². The van der Waals surface area contributed by atoms with Crippen LogP contribution in [0.5, 0.6) is 0 Å². The quantitative estimate of drug-likeness (QED) is 0.560. The van der Waals surface area contributed by atoms with Gasteiger partial charge in [-0.2, -0.15) is 0 Å². The molecule has 2 aromatic rings. The third-order valence-electron chi connectivity index (χ3n) is 1.87. The molecule has 6 heteroatoms. The van der Waals surface area contributed by atoms with Gasteiger partial charge in [-0.1, -0.05) is 0 Å². The Labute approximate surface area is 72.2 Å². The Hall–Kier alpha value is -1.85. The van der Waals surface area contributed by atoms with E-state index in [1.54, 1.807) is 6.92 Å². The maximum absolute atomic E-state index is 11.4. The van der Waals surface area contributed by atoms with Crippen LogP contribution in [0.1, 0.15) is 5.82 Å². The summed E-state index contributed by atoms with van der Waals surface area (Å²) in [5.74, 6) is 0.606. The van der Waals surface area contributed by atoms with Gasteiger partial charge in [0.15, 0.2) is 5.52 Å². The van der Waals surface area contributed by atoms with Crippen molar-refractivity contribution < 1.29 is 0 Å². The highest BCUT2D eigenvalue weighted by molar-refractivity contribution is 5.68. The number of aryl methyl sites for hydroxylation is 1. The highest BCUT2D eigenvalue weighted by Gasteiger charge is 2.07. The van der Waals surface area contributed by atoms with Crippen molar-refractivity contribution >= 4 is 11.2 Å². The SMILES string of the molecule is Cc1nc2c(=O)n(C)c(=O)[nH]c2[nH]1. The zero-order valence-electron chi connectivity index (χ0n) is 7.21. The molecule has 0 amide bonds. The average molecular weight is 180 g/mol. The monoisotopic (exact) mass is 180 g/mol. The van der Waals surface area contributed by atoms with Crippen molar-refractivity contribution in [2.75, 3.05) is 0 Å². The van der Waals surface area contributed by atoms with Gasteiger partial charge in [0.1, 0.15) is 11.5 Å². The molecule has 0 atom stereocenters. The van der Waals surface area contributed by atoms with Crippen molar-refractivity contribution in [3.63, 3.8) is 0 Å². The first-order valence-electron chi connectivity index (χ1n) is 3.75. The Bertz CT molecular complexity index is 574. The Morgan fingerprint density at radius 3 is 2.69 bits per heavy atom. The van der Waals surface area contributed by atoms with Gasteiger partial charge in [-0.15, -0.1) is 0 Å². The number of H-pyrrole nitrogens is 2. The second-order valence-corrected chi connectivity index (χ2v) is 2.84. The summed E-state index contributed by atoms with van der Waals surface area (Å²) in [6, 6.07) is 0. The molecule has 0 saturated heterocycles. The van der Waals surface area contributed by atoms with Gasteiger partial charge in [-0.3, -0.25) is 14.3 Å². The van der Waals surface area contributed by atoms with Crippen LogP contribution in [0, 0.1) is 6.92 Å². The van der Waals surface area contributed by atoms with E-state index in [0.29, 0.717) is 11.5 Å². The lowest BCUT2D eigenvalue weighted by molar-refractivity contribution is 0.790. The topological polar surface area (TPSA) is 83.5 Å². The normalized spacial score (nSPS) is 10.9. The summed E-state index contributed by atoms with van der Waals surface area (Å²) in [5, 5.41) is 0. The van der Waals surface area contributed by atoms with E-state index in [4.69, 9.17) is 0 Å². The number of nitrogens with one attached hydrogen (secondary N) is 2. The molecule has 0 saturated carbocycles. The van der Waals surface area contributed by atoms with Crippen LogP contribution in [-0.4, -0.2) is 19.5 Å². The molecule has 0 spiro atoms. The van der Waals surface area contributed by atoms with E-state index >= 15 is 0 Å². The summed E-state index contributed by atoms with van der Waals surface area (Å²) in [6.45, 7) is 1.72. The van der Waals surface area contributed by atoms with Crippen LogP contribution in [0.15, 0.2) is 9.59 Å². The number of aromatic nitrogens is 4. The number of nitrogens with zero attached hydrogens (tertiary/aromatic N) is 2. The number of hydrogen-bond donors (Lipinski definition) is 2. The lowest BCUT2D eigenvalue weighted by Crippen LogP contribution is -2.32. The van der Waals surface area contributed by atoms with Crippen molar-refractivity contribution in [2.24, 2.45) is 7.05 Å². The highest BCUT2D eigenvalue weighted by Crippen LogP contribution is 1.99. The van der Waals surface area contributed by atoms with Gasteiger partial charge in [0.25, 0.3) is 5.56 Å². The van der Waals surface area contributed by atoms with Gasteiger partial charge < -0.3 is 4.98 Å². The summed E-state index contributed by atoms with van der Waals surface area (Å²) < 4.78 is 0.989. The fourth-order valence-corrected chi connectivity index (χ4v) is 1.18. The minimum atomic E-state index is -0.443. The fourth-order valence-electron chi connectivity index (χ4n) is 1.18. The zero-order valence-corrected chi connectivity index (χ0v) is 7.21. The molecule has 2 N–H and O–H groups in total. The van der Waals surface area contributed by atoms with Crippen LogP contribution in [0.25, 0.3) is 11.2 Å². The van der Waals surface area contributed by atoms with Gasteiger partial charge >= 0.3 is 5.69 Å². The first kappa shape index (κ1) is 7.78. The summed E-state index contributed by atoms with van der Waals surface area (Å²) in [5.41, 5.74) is -0.186. The van der Waals surface area contributed by atoms with E-state index in [2.05, 4.69) is 15.0 Å². The van der Waals surface area contributed by atoms with Crippen LogP contribution >= 0.6 is 0 Å². The molecule has 0 fully saturated rings. The molecular formula is C7H8N4O2. The van der Waals surface area contributed by atoms with Crippen LogP contribution in [0.2, 0.25) is 0 Å². The Morgan fingerprint density at radius 1 is 1.31 bits per heavy atom. The molecule has 2 heterocycles. The van der Waals surface area contributed by atoms with E-state index in [9.17, 15) is 9.59 Å². The molecule has 2 rings (SSSR count). The number of rotatable bonds is 0. The third kappa shape index (κ3) is 0.986. The van der Waals surface area contributed by atoms with E-state index in [1.807, 2.05) is 0 Å². The van der Waals surface area contributed by atoms with Gasteiger partial charge in [-0.05, 0) is 6.92 Å². The van der Waals surface area contributed by atoms with E-state index in [0.717, 1.165) is 4.57 Å². The predicted molar refractivity (Wildman–Crippen MR) is 46.7 cm³/mol. The number of aromatic amines is 2. The molecule has 0 unspecified atom stereocenters. The number of fused-ring (bicyclic) bond motifs is 1.